The van der Waals surface area contributed by atoms with Crippen molar-refractivity contribution in [2.75, 3.05) is 6.61 Å². The number of carbonyl (C=O) groups is 1. The number of ether oxygens (including phenoxy) is 1. The molecule has 186 valence electrons. The van der Waals surface area contributed by atoms with Crippen LogP contribution in [0.1, 0.15) is 53.0 Å². The van der Waals surface area contributed by atoms with Crippen molar-refractivity contribution in [3.63, 3.8) is 0 Å². The Morgan fingerprint density at radius 1 is 1.00 bits per heavy atom. The Hall–Kier alpha value is -4.05. The number of alkyl halides is 3. The molecule has 7 heteroatoms. The van der Waals surface area contributed by atoms with E-state index in [4.69, 9.17) is 4.74 Å². The second-order valence-electron chi connectivity index (χ2n) is 9.81. The minimum absolute atomic E-state index is 0.0305. The van der Waals surface area contributed by atoms with E-state index in [1.807, 2.05) is 36.4 Å². The number of rotatable bonds is 3. The van der Waals surface area contributed by atoms with Gasteiger partial charge in [0.05, 0.1) is 23.2 Å². The van der Waals surface area contributed by atoms with E-state index in [0.717, 1.165) is 52.8 Å². The number of carbonyl (C=O) groups excluding carboxylic acids is 1. The maximum atomic E-state index is 13.4. The maximum Gasteiger partial charge on any atom is 0.416 e. The molecule has 2 atom stereocenters. The van der Waals surface area contributed by atoms with Gasteiger partial charge in [-0.25, -0.2) is 4.79 Å². The molecule has 1 fully saturated rings. The lowest BCUT2D eigenvalue weighted by Crippen LogP contribution is -2.43. The van der Waals surface area contributed by atoms with Gasteiger partial charge >= 0.3 is 12.3 Å². The Bertz CT molecular complexity index is 1420. The molecule has 3 aromatic carbocycles. The third-order valence-electron chi connectivity index (χ3n) is 7.70. The molecule has 0 spiro atoms. The Kier molecular flexibility index (Phi) is 5.56. The topological polar surface area (TPSA) is 53.3 Å². The average molecular weight is 501 g/mol. The molecule has 2 unspecified atom stereocenters. The predicted molar refractivity (Wildman–Crippen MR) is 132 cm³/mol. The molecule has 0 saturated carbocycles. The molecule has 3 aliphatic rings. The highest BCUT2D eigenvalue weighted by Crippen LogP contribution is 2.45. The summed E-state index contributed by atoms with van der Waals surface area (Å²) in [5.41, 5.74) is 4.83. The normalized spacial score (nSPS) is 20.2. The van der Waals surface area contributed by atoms with Crippen LogP contribution in [0, 0.1) is 11.3 Å². The Balaban J connectivity index is 1.22. The highest BCUT2D eigenvalue weighted by molar-refractivity contribution is 5.79. The van der Waals surface area contributed by atoms with Gasteiger partial charge < -0.3 is 4.74 Å². The van der Waals surface area contributed by atoms with Crippen LogP contribution in [0.15, 0.2) is 72.8 Å². The summed E-state index contributed by atoms with van der Waals surface area (Å²) in [6.07, 6.45) is -1.18. The zero-order valence-electron chi connectivity index (χ0n) is 19.8. The first-order valence-electron chi connectivity index (χ1n) is 12.3. The van der Waals surface area contributed by atoms with Crippen molar-refractivity contribution in [1.82, 2.24) is 4.90 Å². The first-order chi connectivity index (χ1) is 17.8. The number of nitriles is 1. The van der Waals surface area contributed by atoms with Crippen LogP contribution in [0.3, 0.4) is 0 Å². The molecule has 2 aliphatic heterocycles. The van der Waals surface area contributed by atoms with E-state index in [0.29, 0.717) is 12.0 Å². The van der Waals surface area contributed by atoms with Gasteiger partial charge in [0, 0.05) is 12.0 Å². The number of benzene rings is 3. The van der Waals surface area contributed by atoms with E-state index in [9.17, 15) is 23.2 Å². The number of hydrogen-bond acceptors (Lipinski definition) is 3. The van der Waals surface area contributed by atoms with E-state index < -0.39 is 17.8 Å². The van der Waals surface area contributed by atoms with Crippen LogP contribution < -0.4 is 0 Å². The molecule has 0 aromatic heterocycles. The Morgan fingerprint density at radius 2 is 1.68 bits per heavy atom. The molecule has 1 amide bonds. The second-order valence-corrected chi connectivity index (χ2v) is 9.81. The van der Waals surface area contributed by atoms with E-state index in [1.165, 1.54) is 6.07 Å². The van der Waals surface area contributed by atoms with Crippen molar-refractivity contribution < 1.29 is 22.7 Å². The lowest BCUT2D eigenvalue weighted by Gasteiger charge is -2.33. The summed E-state index contributed by atoms with van der Waals surface area (Å²) in [5, 5.41) is 9.25. The zero-order chi connectivity index (χ0) is 25.7. The standard InChI is InChI=1S/C30H23F3N2O2/c31-30(32,33)21-12-18(16-34)11-19(13-21)20-14-22-9-10-23(15-20)35(22)29(36)37-17-28-26-7-3-1-5-24(26)25-6-2-4-8-27(25)28/h1-8,11-14,22-23,28H,9-10,15,17H2. The largest absolute Gasteiger partial charge is 0.448 e. The summed E-state index contributed by atoms with van der Waals surface area (Å²) in [7, 11) is 0. The summed E-state index contributed by atoms with van der Waals surface area (Å²) in [6.45, 7) is 0.221. The Labute approximate surface area is 212 Å². The quantitative estimate of drug-likeness (QED) is 0.384. The van der Waals surface area contributed by atoms with Gasteiger partial charge in [-0.05, 0) is 70.9 Å². The van der Waals surface area contributed by atoms with Gasteiger partial charge in [-0.1, -0.05) is 54.6 Å². The van der Waals surface area contributed by atoms with Gasteiger partial charge in [0.2, 0.25) is 0 Å². The van der Waals surface area contributed by atoms with Gasteiger partial charge in [0.25, 0.3) is 0 Å². The molecule has 1 aliphatic carbocycles. The lowest BCUT2D eigenvalue weighted by atomic mass is 9.92. The van der Waals surface area contributed by atoms with Gasteiger partial charge in [-0.15, -0.1) is 0 Å². The van der Waals surface area contributed by atoms with Crippen LogP contribution in [0.4, 0.5) is 18.0 Å². The smallest absolute Gasteiger partial charge is 0.416 e. The van der Waals surface area contributed by atoms with E-state index in [-0.39, 0.29) is 30.2 Å². The average Bonchev–Trinajstić information content (AvgIpc) is 3.36. The van der Waals surface area contributed by atoms with E-state index in [2.05, 4.69) is 24.3 Å². The Morgan fingerprint density at radius 3 is 2.30 bits per heavy atom. The molecule has 37 heavy (non-hydrogen) atoms. The molecular weight excluding hydrogens is 477 g/mol. The number of hydrogen-bond donors (Lipinski definition) is 0. The molecule has 1 saturated heterocycles. The molecule has 2 heterocycles. The van der Waals surface area contributed by atoms with Gasteiger partial charge in [0.1, 0.15) is 6.61 Å². The molecular formula is C30H23F3N2O2. The fraction of sp³-hybridized carbons (Fsp3) is 0.267. The number of nitrogens with zero attached hydrogens (tertiary/aromatic N) is 2. The second kappa shape index (κ2) is 8.81. The molecule has 0 radical (unpaired) electrons. The van der Waals surface area contributed by atoms with Crippen molar-refractivity contribution in [1.29, 1.82) is 5.26 Å². The summed E-state index contributed by atoms with van der Waals surface area (Å²) in [6, 6.07) is 21.2. The predicted octanol–water partition coefficient (Wildman–Crippen LogP) is 7.15. The summed E-state index contributed by atoms with van der Waals surface area (Å²) in [4.78, 5) is 15.0. The molecule has 4 nitrogen and oxygen atoms in total. The third-order valence-corrected chi connectivity index (χ3v) is 7.70. The first kappa shape index (κ1) is 23.4. The highest BCUT2D eigenvalue weighted by atomic mass is 19.4. The summed E-state index contributed by atoms with van der Waals surface area (Å²) >= 11 is 0. The number of amides is 1. The minimum atomic E-state index is -4.54. The first-order valence-corrected chi connectivity index (χ1v) is 12.3. The van der Waals surface area contributed by atoms with Crippen LogP contribution in [-0.4, -0.2) is 29.7 Å². The van der Waals surface area contributed by atoms with Crippen LogP contribution in [0.5, 0.6) is 0 Å². The van der Waals surface area contributed by atoms with Crippen molar-refractivity contribution >= 4 is 11.7 Å². The fourth-order valence-corrected chi connectivity index (χ4v) is 6.04. The fourth-order valence-electron chi connectivity index (χ4n) is 6.04. The maximum absolute atomic E-state index is 13.4. The van der Waals surface area contributed by atoms with Crippen LogP contribution in [0.25, 0.3) is 16.7 Å². The van der Waals surface area contributed by atoms with Crippen molar-refractivity contribution in [3.05, 3.63) is 101 Å². The highest BCUT2D eigenvalue weighted by Gasteiger charge is 2.42. The molecule has 2 bridgehead atoms. The SMILES string of the molecule is N#Cc1cc(C2=CC3CCC(C2)N3C(=O)OCC2c3ccccc3-c3ccccc32)cc(C(F)(F)F)c1. The van der Waals surface area contributed by atoms with Gasteiger partial charge in [-0.2, -0.15) is 18.4 Å². The number of fused-ring (bicyclic) bond motifs is 5. The number of halogens is 3. The van der Waals surface area contributed by atoms with Crippen molar-refractivity contribution in [3.8, 4) is 17.2 Å². The van der Waals surface area contributed by atoms with Crippen LogP contribution in [0.2, 0.25) is 0 Å². The van der Waals surface area contributed by atoms with Crippen molar-refractivity contribution in [2.45, 2.75) is 43.4 Å². The van der Waals surface area contributed by atoms with E-state index >= 15 is 0 Å². The molecule has 3 aromatic rings. The molecule has 6 rings (SSSR count). The third kappa shape index (κ3) is 4.07. The summed E-state index contributed by atoms with van der Waals surface area (Å²) in [5.74, 6) is -0.0422. The van der Waals surface area contributed by atoms with E-state index in [1.54, 1.807) is 4.90 Å². The van der Waals surface area contributed by atoms with Gasteiger partial charge in [-0.3, -0.25) is 4.90 Å². The lowest BCUT2D eigenvalue weighted by molar-refractivity contribution is -0.137. The van der Waals surface area contributed by atoms with Gasteiger partial charge in [0.15, 0.2) is 0 Å². The zero-order valence-corrected chi connectivity index (χ0v) is 19.8. The summed E-state index contributed by atoms with van der Waals surface area (Å²) < 4.78 is 46.0. The molecule has 0 N–H and O–H groups in total. The minimum Gasteiger partial charge on any atom is -0.448 e. The monoisotopic (exact) mass is 500 g/mol. The van der Waals surface area contributed by atoms with Crippen LogP contribution >= 0.6 is 0 Å². The van der Waals surface area contributed by atoms with Crippen LogP contribution in [-0.2, 0) is 10.9 Å². The van der Waals surface area contributed by atoms with Crippen molar-refractivity contribution in [2.24, 2.45) is 0 Å².